The van der Waals surface area contributed by atoms with Crippen LogP contribution < -0.4 is 18.5 Å². The molecule has 0 saturated heterocycles. The molecule has 3 aromatic rings. The number of aromatic nitrogens is 1. The minimum absolute atomic E-state index is 0.0498. The number of amides is 1. The lowest BCUT2D eigenvalue weighted by Gasteiger charge is -2.25. The number of hydrogen-bond acceptors (Lipinski definition) is 8. The fourth-order valence-electron chi connectivity index (χ4n) is 3.89. The van der Waals surface area contributed by atoms with Crippen molar-refractivity contribution < 1.29 is 32.5 Å². The molecule has 1 atom stereocenters. The van der Waals surface area contributed by atoms with E-state index in [0.29, 0.717) is 15.6 Å². The Bertz CT molecular complexity index is 1410. The smallest absolute Gasteiger partial charge is 0.283 e. The molecule has 11 heteroatoms. The summed E-state index contributed by atoms with van der Waals surface area (Å²) in [4.78, 5) is 17.6. The molecule has 1 aliphatic heterocycles. The number of aryl methyl sites for hydroxylation is 1. The Labute approximate surface area is 201 Å². The standard InChI is InChI=1S/C23H21ClN2O7S/c1-13-5-7-18(32-3)16(9-13)23(28)17-10-14(24)12-25-21(17)26(22(23)27)34(29,30)20-8-6-15(31-2)11-19(20)33-4/h5-12,28H,1-4H3. The van der Waals surface area contributed by atoms with Crippen LogP contribution in [0.5, 0.6) is 17.2 Å². The van der Waals surface area contributed by atoms with Gasteiger partial charge in [-0.3, -0.25) is 4.79 Å². The summed E-state index contributed by atoms with van der Waals surface area (Å²) in [5.41, 5.74) is -1.75. The summed E-state index contributed by atoms with van der Waals surface area (Å²) in [6, 6.07) is 10.2. The summed E-state index contributed by atoms with van der Waals surface area (Å²) in [7, 11) is -0.500. The number of rotatable bonds is 6. The molecule has 0 radical (unpaired) electrons. The number of carbonyl (C=O) groups is 1. The molecule has 4 rings (SSSR count). The maximum absolute atomic E-state index is 13.8. The fourth-order valence-corrected chi connectivity index (χ4v) is 5.61. The van der Waals surface area contributed by atoms with Gasteiger partial charge in [0.2, 0.25) is 5.60 Å². The lowest BCUT2D eigenvalue weighted by molar-refractivity contribution is -0.131. The van der Waals surface area contributed by atoms with Crippen LogP contribution in [0.25, 0.3) is 0 Å². The summed E-state index contributed by atoms with van der Waals surface area (Å²) < 4.78 is 43.8. The first-order valence-electron chi connectivity index (χ1n) is 9.94. The monoisotopic (exact) mass is 504 g/mol. The Kier molecular flexibility index (Phi) is 5.92. The number of ether oxygens (including phenoxy) is 3. The number of nitrogens with zero attached hydrogens (tertiary/aromatic N) is 2. The Morgan fingerprint density at radius 1 is 0.971 bits per heavy atom. The number of sulfonamides is 1. The summed E-state index contributed by atoms with van der Waals surface area (Å²) in [6.45, 7) is 1.76. The van der Waals surface area contributed by atoms with Crippen LogP contribution in [0.1, 0.15) is 16.7 Å². The first kappa shape index (κ1) is 23.8. The van der Waals surface area contributed by atoms with Gasteiger partial charge in [-0.05, 0) is 37.3 Å². The Hall–Kier alpha value is -3.34. The predicted molar refractivity (Wildman–Crippen MR) is 124 cm³/mol. The largest absolute Gasteiger partial charge is 0.497 e. The van der Waals surface area contributed by atoms with Crippen LogP contribution >= 0.6 is 11.6 Å². The molecule has 2 aromatic carbocycles. The van der Waals surface area contributed by atoms with Gasteiger partial charge in [0.15, 0.2) is 5.82 Å². The number of benzene rings is 2. The van der Waals surface area contributed by atoms with Gasteiger partial charge < -0.3 is 19.3 Å². The van der Waals surface area contributed by atoms with E-state index in [1.807, 2.05) is 0 Å². The minimum Gasteiger partial charge on any atom is -0.497 e. The van der Waals surface area contributed by atoms with E-state index in [1.165, 1.54) is 51.8 Å². The molecule has 0 saturated carbocycles. The van der Waals surface area contributed by atoms with E-state index < -0.39 is 21.5 Å². The van der Waals surface area contributed by atoms with Crippen molar-refractivity contribution >= 4 is 33.3 Å². The van der Waals surface area contributed by atoms with Crippen LogP contribution in [0.2, 0.25) is 5.02 Å². The van der Waals surface area contributed by atoms with Crippen molar-refractivity contribution in [3.63, 3.8) is 0 Å². The summed E-state index contributed by atoms with van der Waals surface area (Å²) in [5, 5.41) is 12.0. The molecule has 9 nitrogen and oxygen atoms in total. The predicted octanol–water partition coefficient (Wildman–Crippen LogP) is 3.04. The molecule has 2 heterocycles. The lowest BCUT2D eigenvalue weighted by Crippen LogP contribution is -2.44. The third-order valence-corrected chi connectivity index (χ3v) is 7.46. The van der Waals surface area contributed by atoms with Gasteiger partial charge >= 0.3 is 0 Å². The Balaban J connectivity index is 2.00. The molecule has 0 aliphatic carbocycles. The molecule has 1 amide bonds. The SMILES string of the molecule is COc1ccc(S(=O)(=O)N2C(=O)C(O)(c3cc(C)ccc3OC)c3cc(Cl)cnc32)c(OC)c1. The number of halogens is 1. The van der Waals surface area contributed by atoms with Crippen molar-refractivity contribution in [2.24, 2.45) is 0 Å². The van der Waals surface area contributed by atoms with E-state index >= 15 is 0 Å². The molecular weight excluding hydrogens is 484 g/mol. The molecule has 1 aromatic heterocycles. The minimum atomic E-state index is -4.59. The van der Waals surface area contributed by atoms with E-state index in [-0.39, 0.29) is 38.4 Å². The third-order valence-electron chi connectivity index (χ3n) is 5.54. The number of fused-ring (bicyclic) bond motifs is 1. The highest BCUT2D eigenvalue weighted by Gasteiger charge is 2.57. The quantitative estimate of drug-likeness (QED) is 0.544. The average Bonchev–Trinajstić information content (AvgIpc) is 3.06. The van der Waals surface area contributed by atoms with Crippen molar-refractivity contribution in [1.82, 2.24) is 4.98 Å². The maximum atomic E-state index is 13.8. The molecule has 0 spiro atoms. The van der Waals surface area contributed by atoms with E-state index in [1.54, 1.807) is 25.1 Å². The highest BCUT2D eigenvalue weighted by Crippen LogP contribution is 2.49. The second kappa shape index (κ2) is 8.46. The van der Waals surface area contributed by atoms with Gasteiger partial charge in [-0.1, -0.05) is 23.2 Å². The van der Waals surface area contributed by atoms with Gasteiger partial charge in [-0.25, -0.2) is 13.4 Å². The highest BCUT2D eigenvalue weighted by atomic mass is 35.5. The Morgan fingerprint density at radius 2 is 1.68 bits per heavy atom. The normalized spacial score (nSPS) is 17.5. The van der Waals surface area contributed by atoms with Crippen molar-refractivity contribution in [3.05, 3.63) is 70.4 Å². The highest BCUT2D eigenvalue weighted by molar-refractivity contribution is 7.93. The van der Waals surface area contributed by atoms with Crippen LogP contribution in [-0.4, -0.2) is 45.7 Å². The third kappa shape index (κ3) is 3.46. The molecule has 1 N–H and O–H groups in total. The zero-order valence-corrected chi connectivity index (χ0v) is 20.3. The van der Waals surface area contributed by atoms with Crippen molar-refractivity contribution in [1.29, 1.82) is 0 Å². The van der Waals surface area contributed by atoms with Crippen molar-refractivity contribution in [3.8, 4) is 17.2 Å². The van der Waals surface area contributed by atoms with Crippen molar-refractivity contribution in [2.75, 3.05) is 25.6 Å². The van der Waals surface area contributed by atoms with Crippen LogP contribution in [0.4, 0.5) is 5.82 Å². The fraction of sp³-hybridized carbons (Fsp3) is 0.217. The van der Waals surface area contributed by atoms with Crippen LogP contribution in [0.3, 0.4) is 0 Å². The molecular formula is C23H21ClN2O7S. The van der Waals surface area contributed by atoms with Crippen molar-refractivity contribution in [2.45, 2.75) is 17.4 Å². The lowest BCUT2D eigenvalue weighted by atomic mass is 9.87. The van der Waals surface area contributed by atoms with Crippen LogP contribution in [0.15, 0.2) is 53.6 Å². The van der Waals surface area contributed by atoms with Gasteiger partial charge in [0.25, 0.3) is 15.9 Å². The zero-order chi connectivity index (χ0) is 24.8. The molecule has 1 unspecified atom stereocenters. The summed E-state index contributed by atoms with van der Waals surface area (Å²) in [6.07, 6.45) is 1.20. The number of anilines is 1. The summed E-state index contributed by atoms with van der Waals surface area (Å²) in [5.74, 6) is -0.938. The first-order valence-corrected chi connectivity index (χ1v) is 11.8. The Morgan fingerprint density at radius 3 is 2.32 bits per heavy atom. The number of pyridine rings is 1. The van der Waals surface area contributed by atoms with Gasteiger partial charge in [0, 0.05) is 23.4 Å². The van der Waals surface area contributed by atoms with Gasteiger partial charge in [-0.2, -0.15) is 4.31 Å². The van der Waals surface area contributed by atoms with E-state index in [4.69, 9.17) is 25.8 Å². The van der Waals surface area contributed by atoms with Gasteiger partial charge in [0.05, 0.1) is 26.4 Å². The van der Waals surface area contributed by atoms with E-state index in [2.05, 4.69) is 4.98 Å². The molecule has 1 aliphatic rings. The number of methoxy groups -OCH3 is 3. The first-order chi connectivity index (χ1) is 16.1. The van der Waals surface area contributed by atoms with E-state index in [9.17, 15) is 18.3 Å². The molecule has 34 heavy (non-hydrogen) atoms. The average molecular weight is 505 g/mol. The number of aliphatic hydroxyl groups is 1. The molecule has 178 valence electrons. The summed E-state index contributed by atoms with van der Waals surface area (Å²) >= 11 is 6.13. The van der Waals surface area contributed by atoms with Crippen LogP contribution in [-0.2, 0) is 20.4 Å². The number of carbonyl (C=O) groups excluding carboxylic acids is 1. The van der Waals surface area contributed by atoms with Gasteiger partial charge in [-0.15, -0.1) is 0 Å². The second-order valence-electron chi connectivity index (χ2n) is 7.53. The topological polar surface area (TPSA) is 115 Å². The second-order valence-corrected chi connectivity index (χ2v) is 9.72. The zero-order valence-electron chi connectivity index (χ0n) is 18.7. The number of hydrogen-bond donors (Lipinski definition) is 1. The van der Waals surface area contributed by atoms with Gasteiger partial charge in [0.1, 0.15) is 22.1 Å². The maximum Gasteiger partial charge on any atom is 0.283 e. The molecule has 0 bridgehead atoms. The molecule has 0 fully saturated rings. The van der Waals surface area contributed by atoms with Crippen LogP contribution in [0, 0.1) is 6.92 Å². The van der Waals surface area contributed by atoms with E-state index in [0.717, 1.165) is 0 Å².